The summed E-state index contributed by atoms with van der Waals surface area (Å²) in [6.45, 7) is 3.93. The molecule has 6 nitrogen and oxygen atoms in total. The number of aryl methyl sites for hydroxylation is 2. The van der Waals surface area contributed by atoms with Gasteiger partial charge in [0, 0.05) is 11.3 Å². The van der Waals surface area contributed by atoms with Crippen molar-refractivity contribution in [2.45, 2.75) is 18.9 Å². The summed E-state index contributed by atoms with van der Waals surface area (Å²) in [5.74, 6) is 0.989. The van der Waals surface area contributed by atoms with Crippen LogP contribution in [0.3, 0.4) is 0 Å². The molecule has 4 aromatic rings. The molecule has 0 aliphatic heterocycles. The number of aromatic nitrogens is 3. The average Bonchev–Trinajstić information content (AvgIpc) is 3.21. The predicted molar refractivity (Wildman–Crippen MR) is 130 cm³/mol. The van der Waals surface area contributed by atoms with Gasteiger partial charge in [-0.3, -0.25) is 4.79 Å². The highest BCUT2D eigenvalue weighted by atomic mass is 32.2. The van der Waals surface area contributed by atoms with Crippen LogP contribution in [-0.2, 0) is 4.79 Å². The van der Waals surface area contributed by atoms with Crippen LogP contribution in [0, 0.1) is 13.8 Å². The van der Waals surface area contributed by atoms with E-state index in [1.54, 1.807) is 18.4 Å². The molecule has 0 radical (unpaired) electrons. The Morgan fingerprint density at radius 2 is 1.91 bits per heavy atom. The second-order valence-electron chi connectivity index (χ2n) is 7.07. The number of rotatable bonds is 7. The second-order valence-corrected chi connectivity index (χ2v) is 9.07. The fourth-order valence-electron chi connectivity index (χ4n) is 3.07. The molecule has 8 heteroatoms. The molecule has 0 saturated carbocycles. The van der Waals surface area contributed by atoms with Crippen LogP contribution in [0.15, 0.2) is 65.7 Å². The van der Waals surface area contributed by atoms with Crippen molar-refractivity contribution in [2.75, 3.05) is 18.2 Å². The Morgan fingerprint density at radius 1 is 1.06 bits per heavy atom. The Balaban J connectivity index is 1.42. The number of hydrogen-bond acceptors (Lipinski definition) is 7. The minimum atomic E-state index is -0.0728. The summed E-state index contributed by atoms with van der Waals surface area (Å²) in [6, 6.07) is 19.4. The van der Waals surface area contributed by atoms with Crippen LogP contribution >= 0.6 is 23.1 Å². The lowest BCUT2D eigenvalue weighted by Gasteiger charge is -2.07. The fraction of sp³-hybridized carbons (Fsp3) is 0.167. The third-order valence-electron chi connectivity index (χ3n) is 4.76. The maximum absolute atomic E-state index is 12.3. The normalized spacial score (nSPS) is 10.7. The number of carbonyl (C=O) groups excluding carboxylic acids is 1. The molecule has 32 heavy (non-hydrogen) atoms. The zero-order valence-electron chi connectivity index (χ0n) is 18.0. The standard InChI is InChI=1S/C24H22N4O2S2/c1-15-7-4-5-10-19(15)26-21(29)14-31-22-12-11-20(27-28-22)23-16(2)25-24(32-23)17-8-6-9-18(13-17)30-3/h4-13H,14H2,1-3H3,(H,26,29). The molecule has 0 saturated heterocycles. The van der Waals surface area contributed by atoms with Gasteiger partial charge in [0.15, 0.2) is 0 Å². The first-order chi connectivity index (χ1) is 15.5. The van der Waals surface area contributed by atoms with Crippen molar-refractivity contribution in [3.05, 3.63) is 71.9 Å². The number of methoxy groups -OCH3 is 1. The van der Waals surface area contributed by atoms with Crippen molar-refractivity contribution in [3.63, 3.8) is 0 Å². The van der Waals surface area contributed by atoms with Crippen LogP contribution < -0.4 is 10.1 Å². The molecule has 2 aromatic heterocycles. The zero-order chi connectivity index (χ0) is 22.5. The molecule has 1 amide bonds. The van der Waals surface area contributed by atoms with Crippen molar-refractivity contribution >= 4 is 34.7 Å². The van der Waals surface area contributed by atoms with Crippen LogP contribution in [0.2, 0.25) is 0 Å². The number of carbonyl (C=O) groups is 1. The van der Waals surface area contributed by atoms with Gasteiger partial charge in [-0.05, 0) is 49.7 Å². The van der Waals surface area contributed by atoms with Crippen molar-refractivity contribution in [2.24, 2.45) is 0 Å². The fourth-order valence-corrected chi connectivity index (χ4v) is 4.71. The molecule has 0 fully saturated rings. The van der Waals surface area contributed by atoms with Crippen LogP contribution in [0.5, 0.6) is 5.75 Å². The molecular weight excluding hydrogens is 440 g/mol. The molecule has 2 heterocycles. The maximum Gasteiger partial charge on any atom is 0.234 e. The Kier molecular flexibility index (Phi) is 6.82. The van der Waals surface area contributed by atoms with Gasteiger partial charge in [-0.25, -0.2) is 4.98 Å². The summed E-state index contributed by atoms with van der Waals surface area (Å²) in [4.78, 5) is 17.9. The summed E-state index contributed by atoms with van der Waals surface area (Å²) in [5.41, 5.74) is 4.53. The van der Waals surface area contributed by atoms with Gasteiger partial charge in [-0.15, -0.1) is 21.5 Å². The summed E-state index contributed by atoms with van der Waals surface area (Å²) < 4.78 is 5.31. The van der Waals surface area contributed by atoms with E-state index in [-0.39, 0.29) is 11.7 Å². The zero-order valence-corrected chi connectivity index (χ0v) is 19.6. The minimum Gasteiger partial charge on any atom is -0.497 e. The Hall–Kier alpha value is -3.23. The van der Waals surface area contributed by atoms with Gasteiger partial charge in [0.2, 0.25) is 5.91 Å². The van der Waals surface area contributed by atoms with Gasteiger partial charge in [-0.2, -0.15) is 0 Å². The van der Waals surface area contributed by atoms with Gasteiger partial charge < -0.3 is 10.1 Å². The number of nitrogens with one attached hydrogen (secondary N) is 1. The predicted octanol–water partition coefficient (Wildman–Crippen LogP) is 5.62. The van der Waals surface area contributed by atoms with E-state index >= 15 is 0 Å². The van der Waals surface area contributed by atoms with E-state index in [9.17, 15) is 4.79 Å². The number of para-hydroxylation sites is 1. The average molecular weight is 463 g/mol. The SMILES string of the molecule is COc1cccc(-c2nc(C)c(-c3ccc(SCC(=O)Nc4ccccc4C)nn3)s2)c1. The summed E-state index contributed by atoms with van der Waals surface area (Å²) in [7, 11) is 1.65. The Bertz CT molecular complexity index is 1240. The highest BCUT2D eigenvalue weighted by Crippen LogP contribution is 2.35. The van der Waals surface area contributed by atoms with E-state index in [1.807, 2.05) is 74.5 Å². The van der Waals surface area contributed by atoms with Gasteiger partial charge >= 0.3 is 0 Å². The molecule has 162 valence electrons. The highest BCUT2D eigenvalue weighted by molar-refractivity contribution is 7.99. The van der Waals surface area contributed by atoms with Crippen LogP contribution in [0.25, 0.3) is 21.1 Å². The lowest BCUT2D eigenvalue weighted by molar-refractivity contribution is -0.113. The number of amides is 1. The van der Waals surface area contributed by atoms with Crippen LogP contribution in [0.4, 0.5) is 5.69 Å². The number of thiazole rings is 1. The summed E-state index contributed by atoms with van der Waals surface area (Å²) >= 11 is 2.93. The summed E-state index contributed by atoms with van der Waals surface area (Å²) in [6.07, 6.45) is 0. The minimum absolute atomic E-state index is 0.0728. The first kappa shape index (κ1) is 22.0. The van der Waals surface area contributed by atoms with Crippen LogP contribution in [0.1, 0.15) is 11.3 Å². The van der Waals surface area contributed by atoms with Gasteiger partial charge in [0.25, 0.3) is 0 Å². The quantitative estimate of drug-likeness (QED) is 0.359. The number of nitrogens with zero attached hydrogens (tertiary/aromatic N) is 3. The summed E-state index contributed by atoms with van der Waals surface area (Å²) in [5, 5.41) is 13.2. The van der Waals surface area contributed by atoms with Gasteiger partial charge in [-0.1, -0.05) is 42.1 Å². The van der Waals surface area contributed by atoms with E-state index in [4.69, 9.17) is 9.72 Å². The Morgan fingerprint density at radius 3 is 2.66 bits per heavy atom. The van der Waals surface area contributed by atoms with Gasteiger partial charge in [0.1, 0.15) is 21.5 Å². The largest absolute Gasteiger partial charge is 0.497 e. The monoisotopic (exact) mass is 462 g/mol. The molecule has 0 aliphatic carbocycles. The van der Waals surface area contributed by atoms with Crippen molar-refractivity contribution in [3.8, 4) is 26.9 Å². The Labute approximate surface area is 195 Å². The molecule has 0 atom stereocenters. The lowest BCUT2D eigenvalue weighted by atomic mass is 10.2. The maximum atomic E-state index is 12.3. The van der Waals surface area contributed by atoms with E-state index in [2.05, 4.69) is 15.5 Å². The number of ether oxygens (including phenoxy) is 1. The molecule has 0 bridgehead atoms. The number of benzene rings is 2. The van der Waals surface area contributed by atoms with E-state index in [1.165, 1.54) is 11.8 Å². The van der Waals surface area contributed by atoms with Crippen molar-refractivity contribution in [1.82, 2.24) is 15.2 Å². The molecule has 2 aromatic carbocycles. The van der Waals surface area contributed by atoms with Crippen molar-refractivity contribution < 1.29 is 9.53 Å². The molecule has 0 unspecified atom stereocenters. The first-order valence-electron chi connectivity index (χ1n) is 9.97. The van der Waals surface area contributed by atoms with Gasteiger partial charge in [0.05, 0.1) is 23.4 Å². The highest BCUT2D eigenvalue weighted by Gasteiger charge is 2.14. The lowest BCUT2D eigenvalue weighted by Crippen LogP contribution is -2.14. The first-order valence-corrected chi connectivity index (χ1v) is 11.8. The third kappa shape index (κ3) is 5.15. The van der Waals surface area contributed by atoms with E-state index < -0.39 is 0 Å². The second kappa shape index (κ2) is 9.93. The number of hydrogen-bond donors (Lipinski definition) is 1. The van der Waals surface area contributed by atoms with E-state index in [0.29, 0.717) is 5.03 Å². The molecular formula is C24H22N4O2S2. The molecule has 0 aliphatic rings. The molecule has 4 rings (SSSR count). The smallest absolute Gasteiger partial charge is 0.234 e. The number of anilines is 1. The van der Waals surface area contributed by atoms with Crippen molar-refractivity contribution in [1.29, 1.82) is 0 Å². The molecule has 0 spiro atoms. The topological polar surface area (TPSA) is 77.0 Å². The van der Waals surface area contributed by atoms with Crippen LogP contribution in [-0.4, -0.2) is 34.0 Å². The third-order valence-corrected chi connectivity index (χ3v) is 6.91. The number of thioether (sulfide) groups is 1. The molecule has 1 N–H and O–H groups in total. The van der Waals surface area contributed by atoms with E-state index in [0.717, 1.165) is 43.8 Å².